The van der Waals surface area contributed by atoms with Crippen LogP contribution in [-0.4, -0.2) is 40.2 Å². The third-order valence-electron chi connectivity index (χ3n) is 2.94. The molecule has 0 spiro atoms. The van der Waals surface area contributed by atoms with Gasteiger partial charge in [0.15, 0.2) is 0 Å². The quantitative estimate of drug-likeness (QED) is 0.668. The summed E-state index contributed by atoms with van der Waals surface area (Å²) in [5.74, 6) is 0.716. The van der Waals surface area contributed by atoms with Crippen LogP contribution in [0.5, 0.6) is 5.75 Å². The molecule has 22 heavy (non-hydrogen) atoms. The van der Waals surface area contributed by atoms with Crippen LogP contribution in [0.1, 0.15) is 11.3 Å². The summed E-state index contributed by atoms with van der Waals surface area (Å²) in [6.45, 7) is -0.205. The molecule has 2 aromatic rings. The first-order valence-electron chi connectivity index (χ1n) is 6.66. The molecule has 0 aliphatic rings. The normalized spacial score (nSPS) is 10.6. The molecule has 0 aliphatic carbocycles. The van der Waals surface area contributed by atoms with Crippen LogP contribution in [0.3, 0.4) is 0 Å². The molecule has 118 valence electrons. The van der Waals surface area contributed by atoms with Gasteiger partial charge in [-0.05, 0) is 17.7 Å². The monoisotopic (exact) mass is 307 g/mol. The highest BCUT2D eigenvalue weighted by molar-refractivity contribution is 5.29. The molecule has 2 N–H and O–H groups in total. The van der Waals surface area contributed by atoms with Crippen LogP contribution >= 0.6 is 0 Å². The van der Waals surface area contributed by atoms with Gasteiger partial charge in [-0.15, -0.1) is 0 Å². The number of aliphatic hydroxyl groups excluding tert-OH is 1. The number of rotatable bonds is 7. The molecule has 8 heteroatoms. The summed E-state index contributed by atoms with van der Waals surface area (Å²) >= 11 is 0. The smallest absolute Gasteiger partial charge is 0.346 e. The van der Waals surface area contributed by atoms with Gasteiger partial charge >= 0.3 is 5.69 Å². The molecule has 0 amide bonds. The molecule has 1 aromatic heterocycles. The van der Waals surface area contributed by atoms with E-state index in [9.17, 15) is 9.59 Å². The fraction of sp³-hybridized carbons (Fsp3) is 0.357. The molecule has 0 radical (unpaired) electrons. The van der Waals surface area contributed by atoms with Gasteiger partial charge in [0.2, 0.25) is 0 Å². The minimum Gasteiger partial charge on any atom is -0.497 e. The van der Waals surface area contributed by atoms with Crippen molar-refractivity contribution in [3.63, 3.8) is 0 Å². The van der Waals surface area contributed by atoms with Crippen molar-refractivity contribution < 1.29 is 14.6 Å². The van der Waals surface area contributed by atoms with Crippen molar-refractivity contribution >= 4 is 0 Å². The van der Waals surface area contributed by atoms with Gasteiger partial charge in [-0.1, -0.05) is 12.1 Å². The maximum Gasteiger partial charge on any atom is 0.346 e. The van der Waals surface area contributed by atoms with Crippen molar-refractivity contribution in [2.75, 3.05) is 20.3 Å². The number of benzene rings is 1. The minimum absolute atomic E-state index is 0.0844. The summed E-state index contributed by atoms with van der Waals surface area (Å²) < 4.78 is 11.1. The highest BCUT2D eigenvalue weighted by Gasteiger charge is 2.08. The third-order valence-corrected chi connectivity index (χ3v) is 2.94. The molecular weight excluding hydrogens is 290 g/mol. The van der Waals surface area contributed by atoms with Crippen molar-refractivity contribution in [3.8, 4) is 5.75 Å². The summed E-state index contributed by atoms with van der Waals surface area (Å²) in [5.41, 5.74) is -0.113. The second-order valence-corrected chi connectivity index (χ2v) is 4.49. The lowest BCUT2D eigenvalue weighted by molar-refractivity contribution is 0.0379. The average Bonchev–Trinajstić information content (AvgIpc) is 2.52. The molecule has 0 bridgehead atoms. The first-order chi connectivity index (χ1) is 10.6. The molecule has 1 heterocycles. The van der Waals surface area contributed by atoms with E-state index in [1.54, 1.807) is 19.2 Å². The fourth-order valence-corrected chi connectivity index (χ4v) is 1.83. The zero-order valence-corrected chi connectivity index (χ0v) is 12.1. The Labute approximate surface area is 125 Å². The molecule has 2 rings (SSSR count). The van der Waals surface area contributed by atoms with Crippen LogP contribution in [0.25, 0.3) is 0 Å². The van der Waals surface area contributed by atoms with Crippen LogP contribution in [0.15, 0.2) is 33.9 Å². The Hall–Kier alpha value is -2.45. The SMILES string of the molecule is COc1ccc(Cc2nn(COCCO)c(=O)[nH]c2=O)cc1. The molecule has 0 saturated carbocycles. The Morgan fingerprint density at radius 3 is 2.64 bits per heavy atom. The van der Waals surface area contributed by atoms with Crippen LogP contribution in [0.4, 0.5) is 0 Å². The van der Waals surface area contributed by atoms with Crippen molar-refractivity contribution in [1.29, 1.82) is 0 Å². The summed E-state index contributed by atoms with van der Waals surface area (Å²) in [6, 6.07) is 7.20. The topological polar surface area (TPSA) is 106 Å². The van der Waals surface area contributed by atoms with Gasteiger partial charge in [-0.3, -0.25) is 9.78 Å². The molecule has 0 unspecified atom stereocenters. The van der Waals surface area contributed by atoms with E-state index >= 15 is 0 Å². The molecule has 0 aliphatic heterocycles. The van der Waals surface area contributed by atoms with Crippen LogP contribution in [0, 0.1) is 0 Å². The highest BCUT2D eigenvalue weighted by Crippen LogP contribution is 2.12. The molecule has 8 nitrogen and oxygen atoms in total. The Bertz CT molecular complexity index is 720. The summed E-state index contributed by atoms with van der Waals surface area (Å²) in [6.07, 6.45) is 0.277. The van der Waals surface area contributed by atoms with Crippen molar-refractivity contribution in [1.82, 2.24) is 14.8 Å². The molecule has 1 aromatic carbocycles. The average molecular weight is 307 g/mol. The van der Waals surface area contributed by atoms with E-state index in [1.165, 1.54) is 0 Å². The van der Waals surface area contributed by atoms with Crippen molar-refractivity contribution in [3.05, 3.63) is 56.4 Å². The van der Waals surface area contributed by atoms with Crippen molar-refractivity contribution in [2.45, 2.75) is 13.2 Å². The van der Waals surface area contributed by atoms with Crippen LogP contribution in [0.2, 0.25) is 0 Å². The second-order valence-electron chi connectivity index (χ2n) is 4.49. The van der Waals surface area contributed by atoms with E-state index in [-0.39, 0.29) is 32.1 Å². The summed E-state index contributed by atoms with van der Waals surface area (Å²) in [5, 5.41) is 12.7. The number of H-pyrrole nitrogens is 1. The first kappa shape index (κ1) is 15.9. The highest BCUT2D eigenvalue weighted by atomic mass is 16.5. The van der Waals surface area contributed by atoms with Gasteiger partial charge in [-0.2, -0.15) is 9.78 Å². The Morgan fingerprint density at radius 1 is 1.27 bits per heavy atom. The second kappa shape index (κ2) is 7.53. The van der Waals surface area contributed by atoms with Crippen LogP contribution < -0.4 is 16.0 Å². The van der Waals surface area contributed by atoms with E-state index in [4.69, 9.17) is 14.6 Å². The van der Waals surface area contributed by atoms with E-state index < -0.39 is 11.2 Å². The molecule has 0 atom stereocenters. The Balaban J connectivity index is 2.20. The fourth-order valence-electron chi connectivity index (χ4n) is 1.83. The molecule has 0 saturated heterocycles. The van der Waals surface area contributed by atoms with Gasteiger partial charge < -0.3 is 14.6 Å². The van der Waals surface area contributed by atoms with Gasteiger partial charge in [0, 0.05) is 6.42 Å². The largest absolute Gasteiger partial charge is 0.497 e. The van der Waals surface area contributed by atoms with Gasteiger partial charge in [0.1, 0.15) is 18.2 Å². The van der Waals surface area contributed by atoms with Crippen molar-refractivity contribution in [2.24, 2.45) is 0 Å². The zero-order chi connectivity index (χ0) is 15.9. The lowest BCUT2D eigenvalue weighted by Gasteiger charge is -2.07. The predicted molar refractivity (Wildman–Crippen MR) is 78.0 cm³/mol. The maximum absolute atomic E-state index is 11.8. The number of nitrogens with zero attached hydrogens (tertiary/aromatic N) is 2. The van der Waals surface area contributed by atoms with Gasteiger partial charge in [0.05, 0.1) is 20.3 Å². The van der Waals surface area contributed by atoms with Crippen LogP contribution in [-0.2, 0) is 17.9 Å². The molecular formula is C14H17N3O5. The maximum atomic E-state index is 11.8. The standard InChI is InChI=1S/C14H17N3O5/c1-21-11-4-2-10(3-5-11)8-12-13(19)15-14(20)17(16-12)9-22-7-6-18/h2-5,18H,6-9H2,1H3,(H,15,19,20). The number of aromatic nitrogens is 3. The number of aliphatic hydroxyl groups is 1. The van der Waals surface area contributed by atoms with E-state index in [1.807, 2.05) is 12.1 Å². The predicted octanol–water partition coefficient (Wildman–Crippen LogP) is -0.503. The summed E-state index contributed by atoms with van der Waals surface area (Å²) in [7, 11) is 1.57. The Morgan fingerprint density at radius 2 is 2.00 bits per heavy atom. The summed E-state index contributed by atoms with van der Waals surface area (Å²) in [4.78, 5) is 25.6. The number of nitrogens with one attached hydrogen (secondary N) is 1. The lowest BCUT2D eigenvalue weighted by atomic mass is 10.1. The zero-order valence-electron chi connectivity index (χ0n) is 12.1. The number of hydrogen-bond donors (Lipinski definition) is 2. The van der Waals surface area contributed by atoms with Gasteiger partial charge in [0.25, 0.3) is 5.56 Å². The number of hydrogen-bond acceptors (Lipinski definition) is 6. The van der Waals surface area contributed by atoms with E-state index in [0.717, 1.165) is 10.2 Å². The van der Waals surface area contributed by atoms with E-state index in [0.29, 0.717) is 5.75 Å². The lowest BCUT2D eigenvalue weighted by Crippen LogP contribution is -2.35. The third kappa shape index (κ3) is 4.03. The number of ether oxygens (including phenoxy) is 2. The number of methoxy groups -OCH3 is 1. The van der Waals surface area contributed by atoms with Gasteiger partial charge in [-0.25, -0.2) is 4.79 Å². The van der Waals surface area contributed by atoms with E-state index in [2.05, 4.69) is 10.1 Å². The number of aromatic amines is 1. The first-order valence-corrected chi connectivity index (χ1v) is 6.66. The Kier molecular flexibility index (Phi) is 5.45. The minimum atomic E-state index is -0.651. The molecule has 0 fully saturated rings.